The summed E-state index contributed by atoms with van der Waals surface area (Å²) >= 11 is 0. The van der Waals surface area contributed by atoms with Gasteiger partial charge in [0.1, 0.15) is 23.4 Å². The standard InChI is InChI=1S/C29H45N3O5/c1-7-18(2)24(31-28(36)37-29(4,5)6)27(35)32(23-17-19(23)3)25(20-13-15-22(33)16-14-20)26(34)30-21-11-9-8-10-12-21/h13-16,18-19,21,23-25,33H,7-12,17H2,1-6H3,(H,30,34)(H,31,36). The number of nitrogens with one attached hydrogen (secondary N) is 2. The molecule has 37 heavy (non-hydrogen) atoms. The van der Waals surface area contributed by atoms with Crippen LogP contribution in [0, 0.1) is 11.8 Å². The number of ether oxygens (including phenoxy) is 1. The van der Waals surface area contributed by atoms with Crippen molar-refractivity contribution in [2.45, 2.75) is 116 Å². The molecule has 2 fully saturated rings. The van der Waals surface area contributed by atoms with Crippen molar-refractivity contribution in [1.29, 1.82) is 0 Å². The summed E-state index contributed by atoms with van der Waals surface area (Å²) in [7, 11) is 0. The number of carbonyl (C=O) groups is 3. The Hall–Kier alpha value is -2.77. The summed E-state index contributed by atoms with van der Waals surface area (Å²) in [5.74, 6) is -0.336. The SMILES string of the molecule is CCC(C)C(NC(=O)OC(C)(C)C)C(=O)N(C(C(=O)NC1CCCCC1)c1ccc(O)cc1)C1CC1C. The topological polar surface area (TPSA) is 108 Å². The van der Waals surface area contributed by atoms with E-state index in [1.807, 2.05) is 13.8 Å². The summed E-state index contributed by atoms with van der Waals surface area (Å²) in [4.78, 5) is 42.6. The third-order valence-corrected chi connectivity index (χ3v) is 7.52. The van der Waals surface area contributed by atoms with Gasteiger partial charge in [0.05, 0.1) is 0 Å². The summed E-state index contributed by atoms with van der Waals surface area (Å²) in [5, 5.41) is 15.9. The molecule has 0 heterocycles. The molecule has 0 bridgehead atoms. The predicted molar refractivity (Wildman–Crippen MR) is 143 cm³/mol. The molecular formula is C29H45N3O5. The lowest BCUT2D eigenvalue weighted by atomic mass is 9.93. The number of phenolic OH excluding ortho intramolecular Hbond substituents is 1. The van der Waals surface area contributed by atoms with Gasteiger partial charge in [-0.3, -0.25) is 9.59 Å². The summed E-state index contributed by atoms with van der Waals surface area (Å²) in [6.07, 6.45) is 5.98. The van der Waals surface area contributed by atoms with Crippen LogP contribution >= 0.6 is 0 Å². The molecule has 3 rings (SSSR count). The number of aromatic hydroxyl groups is 1. The molecule has 8 nitrogen and oxygen atoms in total. The molecule has 2 saturated carbocycles. The van der Waals surface area contributed by atoms with Crippen LogP contribution in [0.2, 0.25) is 0 Å². The van der Waals surface area contributed by atoms with E-state index in [0.717, 1.165) is 32.1 Å². The number of benzene rings is 1. The molecule has 0 aromatic heterocycles. The maximum absolute atomic E-state index is 14.3. The molecule has 2 aliphatic rings. The number of alkyl carbamates (subject to hydrolysis) is 1. The summed E-state index contributed by atoms with van der Waals surface area (Å²) in [6.45, 7) is 11.3. The molecule has 0 radical (unpaired) electrons. The van der Waals surface area contributed by atoms with E-state index in [0.29, 0.717) is 12.0 Å². The number of phenols is 1. The van der Waals surface area contributed by atoms with E-state index in [4.69, 9.17) is 4.74 Å². The van der Waals surface area contributed by atoms with Crippen molar-refractivity contribution >= 4 is 17.9 Å². The van der Waals surface area contributed by atoms with Crippen LogP contribution in [-0.2, 0) is 14.3 Å². The van der Waals surface area contributed by atoms with Gasteiger partial charge in [0.15, 0.2) is 0 Å². The maximum atomic E-state index is 14.3. The van der Waals surface area contributed by atoms with Gasteiger partial charge in [-0.25, -0.2) is 4.79 Å². The van der Waals surface area contributed by atoms with Crippen molar-refractivity contribution in [1.82, 2.24) is 15.5 Å². The Balaban J connectivity index is 1.97. The largest absolute Gasteiger partial charge is 0.508 e. The van der Waals surface area contributed by atoms with Gasteiger partial charge in [-0.05, 0) is 69.6 Å². The van der Waals surface area contributed by atoms with E-state index < -0.39 is 23.8 Å². The molecule has 0 spiro atoms. The molecule has 1 aromatic carbocycles. The number of carbonyl (C=O) groups excluding carboxylic acids is 3. The van der Waals surface area contributed by atoms with Crippen LogP contribution in [0.15, 0.2) is 24.3 Å². The van der Waals surface area contributed by atoms with Gasteiger partial charge in [-0.2, -0.15) is 0 Å². The summed E-state index contributed by atoms with van der Waals surface area (Å²) in [5.41, 5.74) is -0.0644. The molecule has 2 aliphatic carbocycles. The van der Waals surface area contributed by atoms with Gasteiger partial charge in [-0.15, -0.1) is 0 Å². The zero-order valence-electron chi connectivity index (χ0n) is 23.3. The van der Waals surface area contributed by atoms with E-state index >= 15 is 0 Å². The second-order valence-corrected chi connectivity index (χ2v) is 11.9. The van der Waals surface area contributed by atoms with Crippen molar-refractivity contribution in [3.8, 4) is 5.75 Å². The Bertz CT molecular complexity index is 936. The molecule has 5 unspecified atom stereocenters. The normalized spacial score (nSPS) is 22.3. The van der Waals surface area contributed by atoms with Crippen molar-refractivity contribution in [2.75, 3.05) is 0 Å². The molecule has 206 valence electrons. The Morgan fingerprint density at radius 1 is 1.11 bits per heavy atom. The van der Waals surface area contributed by atoms with Crippen LogP contribution in [0.4, 0.5) is 4.79 Å². The van der Waals surface area contributed by atoms with Crippen LogP contribution in [0.25, 0.3) is 0 Å². The maximum Gasteiger partial charge on any atom is 0.408 e. The molecule has 3 amide bonds. The lowest BCUT2D eigenvalue weighted by molar-refractivity contribution is -0.144. The number of rotatable bonds is 9. The van der Waals surface area contributed by atoms with E-state index in [1.54, 1.807) is 49.9 Å². The lowest BCUT2D eigenvalue weighted by Crippen LogP contribution is -2.56. The van der Waals surface area contributed by atoms with E-state index in [9.17, 15) is 19.5 Å². The van der Waals surface area contributed by atoms with Crippen molar-refractivity contribution in [3.05, 3.63) is 29.8 Å². The minimum absolute atomic E-state index is 0.0831. The number of hydrogen-bond acceptors (Lipinski definition) is 5. The van der Waals surface area contributed by atoms with E-state index in [-0.39, 0.29) is 41.5 Å². The highest BCUT2D eigenvalue weighted by Crippen LogP contribution is 2.41. The van der Waals surface area contributed by atoms with Crippen molar-refractivity contribution in [3.63, 3.8) is 0 Å². The smallest absolute Gasteiger partial charge is 0.408 e. The van der Waals surface area contributed by atoms with E-state index in [1.165, 1.54) is 6.42 Å². The number of hydrogen-bond donors (Lipinski definition) is 3. The Morgan fingerprint density at radius 2 is 1.70 bits per heavy atom. The van der Waals surface area contributed by atoms with Crippen LogP contribution in [-0.4, -0.2) is 51.6 Å². The minimum atomic E-state index is -0.864. The Kier molecular flexibility index (Phi) is 9.48. The average Bonchev–Trinajstić information content (AvgIpc) is 3.55. The molecule has 5 atom stereocenters. The van der Waals surface area contributed by atoms with Gasteiger partial charge in [0.25, 0.3) is 0 Å². The molecule has 1 aromatic rings. The quantitative estimate of drug-likeness (QED) is 0.426. The van der Waals surface area contributed by atoms with Crippen LogP contribution < -0.4 is 10.6 Å². The van der Waals surface area contributed by atoms with Crippen LogP contribution in [0.1, 0.15) is 98.1 Å². The Morgan fingerprint density at radius 3 is 2.22 bits per heavy atom. The van der Waals surface area contributed by atoms with Gasteiger partial charge in [0, 0.05) is 12.1 Å². The highest BCUT2D eigenvalue weighted by molar-refractivity contribution is 5.93. The summed E-state index contributed by atoms with van der Waals surface area (Å²) < 4.78 is 5.47. The lowest BCUT2D eigenvalue weighted by Gasteiger charge is -2.37. The van der Waals surface area contributed by atoms with E-state index in [2.05, 4.69) is 17.6 Å². The minimum Gasteiger partial charge on any atom is -0.508 e. The monoisotopic (exact) mass is 515 g/mol. The Labute approximate surface area is 221 Å². The second-order valence-electron chi connectivity index (χ2n) is 11.9. The fourth-order valence-corrected chi connectivity index (χ4v) is 5.07. The fourth-order valence-electron chi connectivity index (χ4n) is 5.07. The highest BCUT2D eigenvalue weighted by atomic mass is 16.6. The first-order valence-corrected chi connectivity index (χ1v) is 13.8. The molecule has 8 heteroatoms. The van der Waals surface area contributed by atoms with Gasteiger partial charge in [0.2, 0.25) is 11.8 Å². The predicted octanol–water partition coefficient (Wildman–Crippen LogP) is 5.06. The first-order chi connectivity index (χ1) is 17.4. The average molecular weight is 516 g/mol. The first kappa shape index (κ1) is 28.8. The zero-order valence-corrected chi connectivity index (χ0v) is 23.3. The molecule has 0 saturated heterocycles. The molecule has 0 aliphatic heterocycles. The van der Waals surface area contributed by atoms with Crippen LogP contribution in [0.3, 0.4) is 0 Å². The summed E-state index contributed by atoms with van der Waals surface area (Å²) in [6, 6.07) is 4.75. The first-order valence-electron chi connectivity index (χ1n) is 13.8. The van der Waals surface area contributed by atoms with Gasteiger partial charge in [-0.1, -0.05) is 58.6 Å². The van der Waals surface area contributed by atoms with Crippen molar-refractivity contribution in [2.24, 2.45) is 11.8 Å². The van der Waals surface area contributed by atoms with Gasteiger partial charge >= 0.3 is 6.09 Å². The molecular weight excluding hydrogens is 470 g/mol. The fraction of sp³-hybridized carbons (Fsp3) is 0.690. The molecule has 3 N–H and O–H groups in total. The van der Waals surface area contributed by atoms with Crippen LogP contribution in [0.5, 0.6) is 5.75 Å². The van der Waals surface area contributed by atoms with Crippen molar-refractivity contribution < 1.29 is 24.2 Å². The third-order valence-electron chi connectivity index (χ3n) is 7.52. The van der Waals surface area contributed by atoms with Gasteiger partial charge < -0.3 is 25.4 Å². The number of amides is 3. The number of nitrogens with zero attached hydrogens (tertiary/aromatic N) is 1. The second kappa shape index (κ2) is 12.2. The highest BCUT2D eigenvalue weighted by Gasteiger charge is 2.49. The zero-order chi connectivity index (χ0) is 27.3. The third kappa shape index (κ3) is 7.86.